The Kier molecular flexibility index (Phi) is 4.63. The second kappa shape index (κ2) is 8.69. The van der Waals surface area contributed by atoms with Crippen molar-refractivity contribution >= 4 is 71.2 Å². The van der Waals surface area contributed by atoms with Gasteiger partial charge in [-0.25, -0.2) is 9.97 Å². The fraction of sp³-hybridized carbons (Fsp3) is 0. The molecule has 0 N–H and O–H groups in total. The van der Waals surface area contributed by atoms with E-state index < -0.39 is 0 Å². The van der Waals surface area contributed by atoms with Crippen LogP contribution in [0, 0.1) is 0 Å². The Labute approximate surface area is 250 Å². The van der Waals surface area contributed by atoms with Crippen molar-refractivity contribution in [3.8, 4) is 17.2 Å². The average molecular weight is 567 g/mol. The summed E-state index contributed by atoms with van der Waals surface area (Å²) in [5.41, 5.74) is 6.65. The molecule has 0 spiro atoms. The molecule has 0 saturated carbocycles. The quantitative estimate of drug-likeness (QED) is 0.200. The third kappa shape index (κ3) is 3.25. The number of benzene rings is 5. The van der Waals surface area contributed by atoms with Gasteiger partial charge in [-0.2, -0.15) is 0 Å². The van der Waals surface area contributed by atoms with Gasteiger partial charge in [0.2, 0.25) is 0 Å². The molecule has 0 fully saturated rings. The van der Waals surface area contributed by atoms with Gasteiger partial charge in [-0.1, -0.05) is 42.5 Å². The summed E-state index contributed by atoms with van der Waals surface area (Å²) in [4.78, 5) is 9.49. The molecule has 0 atom stereocenters. The maximum Gasteiger partial charge on any atom is 0.145 e. The third-order valence-electron chi connectivity index (χ3n) is 8.66. The average Bonchev–Trinajstić information content (AvgIpc) is 3.78. The minimum Gasteiger partial charge on any atom is -0.457 e. The summed E-state index contributed by atoms with van der Waals surface area (Å²) in [7, 11) is 0. The van der Waals surface area contributed by atoms with Crippen molar-refractivity contribution in [3.63, 3.8) is 0 Å². The number of hydrogen-bond donors (Lipinski definition) is 0. The van der Waals surface area contributed by atoms with Crippen molar-refractivity contribution in [1.29, 1.82) is 0 Å². The first kappa shape index (κ1) is 23.4. The van der Waals surface area contributed by atoms with Crippen LogP contribution in [0.1, 0.15) is 0 Å². The Balaban J connectivity index is 1.13. The molecule has 10 aromatic rings. The van der Waals surface area contributed by atoms with E-state index in [1.165, 1.54) is 5.39 Å². The first-order valence-corrected chi connectivity index (χ1v) is 14.6. The molecule has 10 rings (SSSR count). The molecule has 5 heterocycles. The highest BCUT2D eigenvalue weighted by molar-refractivity contribution is 6.17. The Morgan fingerprint density at radius 3 is 2.32 bits per heavy atom. The molecule has 6 nitrogen and oxygen atoms in total. The topological polar surface area (TPSA) is 57.5 Å². The largest absolute Gasteiger partial charge is 0.457 e. The Bertz CT molecular complexity index is 2770. The molecule has 0 aliphatic rings. The summed E-state index contributed by atoms with van der Waals surface area (Å²) < 4.78 is 17.1. The second-order valence-electron chi connectivity index (χ2n) is 11.1. The molecule has 0 radical (unpaired) electrons. The standard InChI is InChI=1S/C38H22N4O2/c1-3-12-33-27(9-1)26-15-14-25(20-32(26)37-40-17-18-41(33)37)43-24-8-5-7-23(19-24)42-34-22-36-31(28-10-2-4-13-35(28)44-36)21-30(34)29-11-6-16-39-38(29)42/h1-22H. The van der Waals surface area contributed by atoms with Gasteiger partial charge in [-0.3, -0.25) is 8.97 Å². The second-order valence-corrected chi connectivity index (χ2v) is 11.1. The number of rotatable bonds is 3. The van der Waals surface area contributed by atoms with Crippen molar-refractivity contribution in [3.05, 3.63) is 134 Å². The first-order chi connectivity index (χ1) is 21.8. The van der Waals surface area contributed by atoms with Gasteiger partial charge < -0.3 is 9.15 Å². The monoisotopic (exact) mass is 566 g/mol. The van der Waals surface area contributed by atoms with E-state index in [1.54, 1.807) is 0 Å². The highest BCUT2D eigenvalue weighted by atomic mass is 16.5. The predicted molar refractivity (Wildman–Crippen MR) is 176 cm³/mol. The van der Waals surface area contributed by atoms with Gasteiger partial charge in [0.1, 0.15) is 34.0 Å². The summed E-state index contributed by atoms with van der Waals surface area (Å²) in [5.74, 6) is 1.48. The fourth-order valence-electron chi connectivity index (χ4n) is 6.76. The minimum atomic E-state index is 0.734. The molecule has 206 valence electrons. The Morgan fingerprint density at radius 1 is 0.500 bits per heavy atom. The van der Waals surface area contributed by atoms with Crippen LogP contribution in [0.2, 0.25) is 0 Å². The van der Waals surface area contributed by atoms with E-state index in [0.717, 1.165) is 83.0 Å². The van der Waals surface area contributed by atoms with E-state index in [4.69, 9.17) is 14.1 Å². The number of nitrogens with zero attached hydrogens (tertiary/aromatic N) is 4. The van der Waals surface area contributed by atoms with Gasteiger partial charge >= 0.3 is 0 Å². The molecular weight excluding hydrogens is 544 g/mol. The summed E-state index contributed by atoms with van der Waals surface area (Å²) in [6.07, 6.45) is 5.69. The lowest BCUT2D eigenvalue weighted by Gasteiger charge is -2.12. The van der Waals surface area contributed by atoms with Crippen molar-refractivity contribution in [2.45, 2.75) is 0 Å². The highest BCUT2D eigenvalue weighted by Gasteiger charge is 2.18. The van der Waals surface area contributed by atoms with Gasteiger partial charge in [-0.05, 0) is 66.0 Å². The molecule has 0 saturated heterocycles. The fourth-order valence-corrected chi connectivity index (χ4v) is 6.76. The van der Waals surface area contributed by atoms with Crippen molar-refractivity contribution in [2.75, 3.05) is 0 Å². The van der Waals surface area contributed by atoms with Gasteiger partial charge in [0.25, 0.3) is 0 Å². The number of imidazole rings is 1. The van der Waals surface area contributed by atoms with Crippen molar-refractivity contribution in [1.82, 2.24) is 18.9 Å². The smallest absolute Gasteiger partial charge is 0.145 e. The lowest BCUT2D eigenvalue weighted by Crippen LogP contribution is -1.96. The minimum absolute atomic E-state index is 0.734. The summed E-state index contributed by atoms with van der Waals surface area (Å²) in [5, 5.41) is 7.80. The Morgan fingerprint density at radius 2 is 1.34 bits per heavy atom. The van der Waals surface area contributed by atoms with Gasteiger partial charge in [-0.15, -0.1) is 0 Å². The molecular formula is C38H22N4O2. The number of para-hydroxylation sites is 2. The van der Waals surface area contributed by atoms with E-state index in [1.807, 2.05) is 61.1 Å². The number of pyridine rings is 2. The van der Waals surface area contributed by atoms with Crippen LogP contribution >= 0.6 is 0 Å². The van der Waals surface area contributed by atoms with Crippen molar-refractivity contribution < 1.29 is 9.15 Å². The maximum absolute atomic E-state index is 6.51. The van der Waals surface area contributed by atoms with Crippen LogP contribution in [0.3, 0.4) is 0 Å². The zero-order chi connectivity index (χ0) is 28.8. The zero-order valence-corrected chi connectivity index (χ0v) is 23.3. The molecule has 0 bridgehead atoms. The normalized spacial score (nSPS) is 12.1. The Hall–Kier alpha value is -6.14. The van der Waals surface area contributed by atoms with Crippen LogP contribution < -0.4 is 4.74 Å². The molecule has 0 unspecified atom stereocenters. The van der Waals surface area contributed by atoms with E-state index in [2.05, 4.69) is 86.7 Å². The van der Waals surface area contributed by atoms with E-state index in [-0.39, 0.29) is 0 Å². The number of aromatic nitrogens is 4. The summed E-state index contributed by atoms with van der Waals surface area (Å²) in [6.45, 7) is 0. The van der Waals surface area contributed by atoms with Crippen LogP contribution in [0.4, 0.5) is 0 Å². The lowest BCUT2D eigenvalue weighted by molar-refractivity contribution is 0.483. The van der Waals surface area contributed by atoms with E-state index >= 15 is 0 Å². The van der Waals surface area contributed by atoms with E-state index in [9.17, 15) is 0 Å². The van der Waals surface area contributed by atoms with Crippen molar-refractivity contribution in [2.24, 2.45) is 0 Å². The molecule has 0 aliphatic carbocycles. The molecule has 6 heteroatoms. The number of hydrogen-bond acceptors (Lipinski definition) is 4. The van der Waals surface area contributed by atoms with E-state index in [0.29, 0.717) is 0 Å². The third-order valence-corrected chi connectivity index (χ3v) is 8.66. The van der Waals surface area contributed by atoms with Gasteiger partial charge in [0.05, 0.1) is 16.7 Å². The zero-order valence-electron chi connectivity index (χ0n) is 23.3. The molecule has 5 aromatic carbocycles. The first-order valence-electron chi connectivity index (χ1n) is 14.6. The maximum atomic E-state index is 6.51. The molecule has 0 amide bonds. The summed E-state index contributed by atoms with van der Waals surface area (Å²) >= 11 is 0. The summed E-state index contributed by atoms with van der Waals surface area (Å²) in [6, 6.07) is 39.5. The van der Waals surface area contributed by atoms with Gasteiger partial charge in [0, 0.05) is 63.0 Å². The van der Waals surface area contributed by atoms with Crippen LogP contribution in [0.5, 0.6) is 11.5 Å². The van der Waals surface area contributed by atoms with Crippen LogP contribution in [0.15, 0.2) is 138 Å². The predicted octanol–water partition coefficient (Wildman–Crippen LogP) is 9.82. The molecule has 0 aliphatic heterocycles. The lowest BCUT2D eigenvalue weighted by atomic mass is 10.1. The van der Waals surface area contributed by atoms with Crippen LogP contribution in [-0.4, -0.2) is 18.9 Å². The number of furan rings is 1. The highest BCUT2D eigenvalue weighted by Crippen LogP contribution is 2.39. The number of fused-ring (bicyclic) bond motifs is 12. The van der Waals surface area contributed by atoms with Crippen LogP contribution in [-0.2, 0) is 0 Å². The molecule has 5 aromatic heterocycles. The SMILES string of the molecule is c1cc(Oc2ccc3c4ccccc4n4ccnc4c3c2)cc(-n2c3cc4oc5ccccc5c4cc3c3cccnc32)c1. The van der Waals surface area contributed by atoms with Gasteiger partial charge in [0.15, 0.2) is 0 Å². The molecule has 44 heavy (non-hydrogen) atoms. The van der Waals surface area contributed by atoms with Crippen LogP contribution in [0.25, 0.3) is 76.9 Å². The number of ether oxygens (including phenoxy) is 1.